The van der Waals surface area contributed by atoms with E-state index in [1.165, 1.54) is 6.07 Å². The fraction of sp³-hybridized carbons (Fsp3) is 0.533. The molecule has 0 radical (unpaired) electrons. The normalized spacial score (nSPS) is 17.6. The second-order valence-electron chi connectivity index (χ2n) is 5.62. The number of aliphatic hydroxyl groups excluding tert-OH is 1. The van der Waals surface area contributed by atoms with Crippen LogP contribution in [0, 0.1) is 11.6 Å². The molecule has 0 heterocycles. The molecule has 1 aromatic rings. The quantitative estimate of drug-likeness (QED) is 0.839. The fourth-order valence-corrected chi connectivity index (χ4v) is 2.23. The number of nitrogens with zero attached hydrogens (tertiary/aromatic N) is 1. The summed E-state index contributed by atoms with van der Waals surface area (Å²) in [7, 11) is 1.88. The van der Waals surface area contributed by atoms with Gasteiger partial charge < -0.3 is 10.4 Å². The molecule has 4 nitrogen and oxygen atoms in total. The first-order valence-electron chi connectivity index (χ1n) is 7.01. The van der Waals surface area contributed by atoms with E-state index in [0.717, 1.165) is 25.0 Å². The van der Waals surface area contributed by atoms with Gasteiger partial charge >= 0.3 is 0 Å². The molecule has 2 N–H and O–H groups in total. The lowest BCUT2D eigenvalue weighted by molar-refractivity contribution is -0.123. The first-order chi connectivity index (χ1) is 9.88. The molecule has 1 fully saturated rings. The molecule has 0 saturated heterocycles. The molecule has 21 heavy (non-hydrogen) atoms. The SMILES string of the molecule is CC(NC(=O)CN(C)C1CC1)C(O)c1ccc(F)c(F)c1. The molecule has 2 atom stereocenters. The summed E-state index contributed by atoms with van der Waals surface area (Å²) in [5.41, 5.74) is 0.234. The van der Waals surface area contributed by atoms with Gasteiger partial charge in [-0.25, -0.2) is 8.78 Å². The van der Waals surface area contributed by atoms with Crippen LogP contribution in [-0.4, -0.2) is 41.6 Å². The third-order valence-corrected chi connectivity index (χ3v) is 3.71. The van der Waals surface area contributed by atoms with Gasteiger partial charge in [-0.2, -0.15) is 0 Å². The second kappa shape index (κ2) is 6.49. The second-order valence-corrected chi connectivity index (χ2v) is 5.62. The standard InChI is InChI=1S/C15H20F2N2O2/c1-9(18-14(20)8-19(2)11-4-5-11)15(21)10-3-6-12(16)13(17)7-10/h3,6-7,9,11,15,21H,4-5,8H2,1-2H3,(H,18,20). The molecule has 1 amide bonds. The Balaban J connectivity index is 1.90. The third-order valence-electron chi connectivity index (χ3n) is 3.71. The Labute approximate surface area is 122 Å². The predicted molar refractivity (Wildman–Crippen MR) is 74.6 cm³/mol. The van der Waals surface area contributed by atoms with Crippen LogP contribution >= 0.6 is 0 Å². The van der Waals surface area contributed by atoms with Gasteiger partial charge in [-0.1, -0.05) is 6.07 Å². The molecule has 2 unspecified atom stereocenters. The van der Waals surface area contributed by atoms with E-state index in [0.29, 0.717) is 6.04 Å². The van der Waals surface area contributed by atoms with Crippen LogP contribution in [0.25, 0.3) is 0 Å². The first-order valence-corrected chi connectivity index (χ1v) is 7.01. The van der Waals surface area contributed by atoms with E-state index in [1.807, 2.05) is 11.9 Å². The van der Waals surface area contributed by atoms with Crippen molar-refractivity contribution in [2.75, 3.05) is 13.6 Å². The average Bonchev–Trinajstić information content (AvgIpc) is 3.25. The Morgan fingerprint density at radius 2 is 2.10 bits per heavy atom. The monoisotopic (exact) mass is 298 g/mol. The van der Waals surface area contributed by atoms with Crippen molar-refractivity contribution in [2.45, 2.75) is 38.0 Å². The zero-order valence-corrected chi connectivity index (χ0v) is 12.1. The minimum atomic E-state index is -1.09. The van der Waals surface area contributed by atoms with E-state index in [9.17, 15) is 18.7 Å². The lowest BCUT2D eigenvalue weighted by Gasteiger charge is -2.22. The first kappa shape index (κ1) is 15.9. The van der Waals surface area contributed by atoms with Crippen LogP contribution < -0.4 is 5.32 Å². The third kappa shape index (κ3) is 4.22. The number of aliphatic hydroxyl groups is 1. The van der Waals surface area contributed by atoms with Crippen LogP contribution in [0.15, 0.2) is 18.2 Å². The number of likely N-dealkylation sites (N-methyl/N-ethyl adjacent to an activating group) is 1. The van der Waals surface area contributed by atoms with Crippen molar-refractivity contribution >= 4 is 5.91 Å². The van der Waals surface area contributed by atoms with Crippen molar-refractivity contribution in [3.05, 3.63) is 35.4 Å². The summed E-state index contributed by atoms with van der Waals surface area (Å²) in [4.78, 5) is 13.8. The maximum Gasteiger partial charge on any atom is 0.234 e. The molecule has 1 aliphatic carbocycles. The molecular weight excluding hydrogens is 278 g/mol. The van der Waals surface area contributed by atoms with Gasteiger partial charge in [-0.05, 0) is 44.5 Å². The van der Waals surface area contributed by atoms with Crippen LogP contribution in [0.5, 0.6) is 0 Å². The fourth-order valence-electron chi connectivity index (χ4n) is 2.23. The largest absolute Gasteiger partial charge is 0.386 e. The number of amides is 1. The molecular formula is C15H20F2N2O2. The van der Waals surface area contributed by atoms with Gasteiger partial charge in [-0.15, -0.1) is 0 Å². The number of rotatable bonds is 6. The van der Waals surface area contributed by atoms with Crippen LogP contribution in [-0.2, 0) is 4.79 Å². The van der Waals surface area contributed by atoms with Crippen molar-refractivity contribution in [2.24, 2.45) is 0 Å². The minimum Gasteiger partial charge on any atom is -0.386 e. The van der Waals surface area contributed by atoms with Crippen LogP contribution in [0.2, 0.25) is 0 Å². The highest BCUT2D eigenvalue weighted by atomic mass is 19.2. The Morgan fingerprint density at radius 3 is 2.67 bits per heavy atom. The van der Waals surface area contributed by atoms with Gasteiger partial charge in [0.2, 0.25) is 5.91 Å². The molecule has 0 aliphatic heterocycles. The molecule has 116 valence electrons. The number of hydrogen-bond donors (Lipinski definition) is 2. The van der Waals surface area contributed by atoms with Crippen LogP contribution in [0.1, 0.15) is 31.4 Å². The van der Waals surface area contributed by atoms with Crippen molar-refractivity contribution < 1.29 is 18.7 Å². The summed E-state index contributed by atoms with van der Waals surface area (Å²) in [5.74, 6) is -2.18. The predicted octanol–water partition coefficient (Wildman–Crippen LogP) is 1.60. The minimum absolute atomic E-state index is 0.196. The van der Waals surface area contributed by atoms with Gasteiger partial charge in [0, 0.05) is 6.04 Å². The summed E-state index contributed by atoms with van der Waals surface area (Å²) < 4.78 is 26.0. The lowest BCUT2D eigenvalue weighted by Crippen LogP contribution is -2.42. The maximum absolute atomic E-state index is 13.2. The van der Waals surface area contributed by atoms with Crippen LogP contribution in [0.3, 0.4) is 0 Å². The van der Waals surface area contributed by atoms with Gasteiger partial charge in [0.15, 0.2) is 11.6 Å². The number of benzene rings is 1. The van der Waals surface area contributed by atoms with Gasteiger partial charge in [0.05, 0.1) is 18.7 Å². The zero-order chi connectivity index (χ0) is 15.6. The average molecular weight is 298 g/mol. The van der Waals surface area contributed by atoms with E-state index in [4.69, 9.17) is 0 Å². The Morgan fingerprint density at radius 1 is 1.43 bits per heavy atom. The summed E-state index contributed by atoms with van der Waals surface area (Å²) in [6.45, 7) is 1.89. The highest BCUT2D eigenvalue weighted by Crippen LogP contribution is 2.25. The summed E-state index contributed by atoms with van der Waals surface area (Å²) in [6, 6.07) is 3.10. The number of hydrogen-bond acceptors (Lipinski definition) is 3. The van der Waals surface area contributed by atoms with Crippen molar-refractivity contribution in [3.8, 4) is 0 Å². The molecule has 1 aromatic carbocycles. The molecule has 1 saturated carbocycles. The molecule has 2 rings (SSSR count). The zero-order valence-electron chi connectivity index (χ0n) is 12.1. The summed E-state index contributed by atoms with van der Waals surface area (Å²) >= 11 is 0. The number of carbonyl (C=O) groups is 1. The molecule has 0 spiro atoms. The molecule has 6 heteroatoms. The van der Waals surface area contributed by atoms with Crippen LogP contribution in [0.4, 0.5) is 8.78 Å². The van der Waals surface area contributed by atoms with E-state index in [-0.39, 0.29) is 18.0 Å². The van der Waals surface area contributed by atoms with Crippen molar-refractivity contribution in [1.82, 2.24) is 10.2 Å². The highest BCUT2D eigenvalue weighted by Gasteiger charge is 2.28. The Hall–Kier alpha value is -1.53. The number of halogens is 2. The van der Waals surface area contributed by atoms with E-state index in [2.05, 4.69) is 5.32 Å². The maximum atomic E-state index is 13.2. The van der Waals surface area contributed by atoms with Crippen molar-refractivity contribution in [1.29, 1.82) is 0 Å². The highest BCUT2D eigenvalue weighted by molar-refractivity contribution is 5.78. The summed E-state index contributed by atoms with van der Waals surface area (Å²) in [6.07, 6.45) is 1.13. The molecule has 1 aliphatic rings. The molecule has 0 bridgehead atoms. The Kier molecular flexibility index (Phi) is 4.90. The van der Waals surface area contributed by atoms with Gasteiger partial charge in [0.25, 0.3) is 0 Å². The topological polar surface area (TPSA) is 52.6 Å². The number of carbonyl (C=O) groups excluding carboxylic acids is 1. The lowest BCUT2D eigenvalue weighted by atomic mass is 10.0. The smallest absolute Gasteiger partial charge is 0.234 e. The van der Waals surface area contributed by atoms with E-state index in [1.54, 1.807) is 6.92 Å². The van der Waals surface area contributed by atoms with E-state index < -0.39 is 23.8 Å². The van der Waals surface area contributed by atoms with E-state index >= 15 is 0 Å². The van der Waals surface area contributed by atoms with Crippen molar-refractivity contribution in [3.63, 3.8) is 0 Å². The Bertz CT molecular complexity index is 520. The number of nitrogens with one attached hydrogen (secondary N) is 1. The van der Waals surface area contributed by atoms with Gasteiger partial charge in [-0.3, -0.25) is 9.69 Å². The molecule has 0 aromatic heterocycles. The van der Waals surface area contributed by atoms with Gasteiger partial charge in [0.1, 0.15) is 0 Å². The summed E-state index contributed by atoms with van der Waals surface area (Å²) in [5, 5.41) is 12.8.